The van der Waals surface area contributed by atoms with Crippen molar-refractivity contribution in [2.75, 3.05) is 0 Å². The Hall–Kier alpha value is -4.52. The minimum atomic E-state index is -0.851. The molecule has 0 spiro atoms. The van der Waals surface area contributed by atoms with Crippen molar-refractivity contribution in [1.29, 1.82) is 0 Å². The van der Waals surface area contributed by atoms with Crippen LogP contribution in [0.4, 0.5) is 0 Å². The smallest absolute Gasteiger partial charge is 0.324 e. The summed E-state index contributed by atoms with van der Waals surface area (Å²) in [5, 5.41) is 5.05. The minimum Gasteiger partial charge on any atom is -0.324 e. The lowest BCUT2D eigenvalue weighted by Crippen LogP contribution is -2.32. The highest BCUT2D eigenvalue weighted by atomic mass is 16.7. The van der Waals surface area contributed by atoms with Crippen LogP contribution < -0.4 is 0 Å². The molecular formula is C24H15N3O4. The van der Waals surface area contributed by atoms with Gasteiger partial charge in [-0.05, 0) is 24.3 Å². The van der Waals surface area contributed by atoms with Crippen molar-refractivity contribution < 1.29 is 19.2 Å². The van der Waals surface area contributed by atoms with Crippen LogP contribution in [0.5, 0.6) is 0 Å². The molecule has 7 nitrogen and oxygen atoms in total. The molecule has 0 unspecified atom stereocenters. The quantitative estimate of drug-likeness (QED) is 0.478. The monoisotopic (exact) mass is 409 g/mol. The van der Waals surface area contributed by atoms with Gasteiger partial charge in [0.15, 0.2) is 0 Å². The van der Waals surface area contributed by atoms with Crippen molar-refractivity contribution in [3.8, 4) is 16.9 Å². The highest BCUT2D eigenvalue weighted by Gasteiger charge is 2.39. The van der Waals surface area contributed by atoms with Crippen molar-refractivity contribution >= 4 is 17.8 Å². The van der Waals surface area contributed by atoms with Crippen molar-refractivity contribution in [2.24, 2.45) is 0 Å². The molecule has 0 fully saturated rings. The van der Waals surface area contributed by atoms with Crippen LogP contribution in [0.15, 0.2) is 91.1 Å². The Morgan fingerprint density at radius 2 is 1.29 bits per heavy atom. The first-order chi connectivity index (χ1) is 15.1. The van der Waals surface area contributed by atoms with E-state index in [0.29, 0.717) is 16.3 Å². The molecule has 0 N–H and O–H groups in total. The number of hydrogen-bond donors (Lipinski definition) is 0. The molecule has 4 aromatic rings. The maximum absolute atomic E-state index is 13.1. The van der Waals surface area contributed by atoms with Gasteiger partial charge in [0.2, 0.25) is 0 Å². The minimum absolute atomic E-state index is 0.131. The van der Waals surface area contributed by atoms with E-state index in [4.69, 9.17) is 4.84 Å². The zero-order valence-corrected chi connectivity index (χ0v) is 16.1. The molecule has 3 aromatic carbocycles. The number of fused-ring (bicyclic) bond motifs is 1. The Balaban J connectivity index is 1.52. The molecule has 2 heterocycles. The molecule has 1 aliphatic heterocycles. The van der Waals surface area contributed by atoms with E-state index in [-0.39, 0.29) is 16.7 Å². The topological polar surface area (TPSA) is 81.5 Å². The molecule has 0 aliphatic carbocycles. The molecule has 7 heteroatoms. The highest BCUT2D eigenvalue weighted by molar-refractivity contribution is 6.21. The van der Waals surface area contributed by atoms with Gasteiger partial charge in [-0.3, -0.25) is 9.59 Å². The van der Waals surface area contributed by atoms with Crippen LogP contribution in [0.3, 0.4) is 0 Å². The summed E-state index contributed by atoms with van der Waals surface area (Å²) in [6, 6.07) is 24.8. The van der Waals surface area contributed by atoms with E-state index >= 15 is 0 Å². The summed E-state index contributed by atoms with van der Waals surface area (Å²) in [5.74, 6) is -2.20. The summed E-state index contributed by atoms with van der Waals surface area (Å²) >= 11 is 0. The largest absolute Gasteiger partial charge is 0.367 e. The number of hydroxylamine groups is 2. The Kier molecular flexibility index (Phi) is 4.41. The van der Waals surface area contributed by atoms with Crippen LogP contribution in [0, 0.1) is 0 Å². The number of benzene rings is 3. The second kappa shape index (κ2) is 7.38. The summed E-state index contributed by atoms with van der Waals surface area (Å²) in [7, 11) is 0. The third-order valence-corrected chi connectivity index (χ3v) is 4.93. The fourth-order valence-electron chi connectivity index (χ4n) is 3.43. The Morgan fingerprint density at radius 3 is 1.90 bits per heavy atom. The average Bonchev–Trinajstić information content (AvgIpc) is 3.37. The van der Waals surface area contributed by atoms with E-state index in [1.54, 1.807) is 16.8 Å². The summed E-state index contributed by atoms with van der Waals surface area (Å²) in [6.45, 7) is 0. The van der Waals surface area contributed by atoms with Crippen molar-refractivity contribution in [3.05, 3.63) is 108 Å². The summed E-state index contributed by atoms with van der Waals surface area (Å²) < 4.78 is 1.56. The lowest BCUT2D eigenvalue weighted by molar-refractivity contribution is -0.0584. The molecule has 0 saturated heterocycles. The van der Waals surface area contributed by atoms with Gasteiger partial charge in [0.25, 0.3) is 11.8 Å². The lowest BCUT2D eigenvalue weighted by Gasteiger charge is -2.12. The summed E-state index contributed by atoms with van der Waals surface area (Å²) in [5.41, 5.74) is 2.36. The van der Waals surface area contributed by atoms with Crippen LogP contribution in [-0.4, -0.2) is 32.6 Å². The van der Waals surface area contributed by atoms with E-state index in [9.17, 15) is 14.4 Å². The van der Waals surface area contributed by atoms with Gasteiger partial charge in [0.05, 0.1) is 16.8 Å². The first kappa shape index (κ1) is 18.5. The Labute approximate surface area is 177 Å². The van der Waals surface area contributed by atoms with E-state index in [0.717, 1.165) is 5.69 Å². The van der Waals surface area contributed by atoms with Crippen LogP contribution in [0.25, 0.3) is 16.9 Å². The van der Waals surface area contributed by atoms with E-state index in [1.807, 2.05) is 60.7 Å². The number of carbonyl (C=O) groups is 3. The number of hydrogen-bond acceptors (Lipinski definition) is 5. The number of amides is 2. The van der Waals surface area contributed by atoms with Crippen molar-refractivity contribution in [3.63, 3.8) is 0 Å². The molecule has 1 aliphatic rings. The molecule has 1 aromatic heterocycles. The molecule has 2 amide bonds. The molecule has 31 heavy (non-hydrogen) atoms. The molecule has 0 bridgehead atoms. The predicted molar refractivity (Wildman–Crippen MR) is 111 cm³/mol. The highest BCUT2D eigenvalue weighted by Crippen LogP contribution is 2.27. The van der Waals surface area contributed by atoms with E-state index in [1.165, 1.54) is 18.3 Å². The average molecular weight is 409 g/mol. The normalized spacial score (nSPS) is 12.7. The number of carbonyl (C=O) groups excluding carboxylic acids is 3. The molecule has 0 atom stereocenters. The van der Waals surface area contributed by atoms with Crippen LogP contribution in [-0.2, 0) is 4.84 Å². The maximum Gasteiger partial charge on any atom is 0.367 e. The summed E-state index contributed by atoms with van der Waals surface area (Å²) in [4.78, 5) is 43.4. The molecule has 5 rings (SSSR count). The molecular weight excluding hydrogens is 394 g/mol. The molecule has 0 radical (unpaired) electrons. The van der Waals surface area contributed by atoms with Crippen LogP contribution in [0.1, 0.15) is 31.1 Å². The van der Waals surface area contributed by atoms with Gasteiger partial charge in [-0.25, -0.2) is 9.48 Å². The zero-order chi connectivity index (χ0) is 21.4. The lowest BCUT2D eigenvalue weighted by atomic mass is 10.1. The second-order valence-corrected chi connectivity index (χ2v) is 6.87. The van der Waals surface area contributed by atoms with Crippen LogP contribution in [0.2, 0.25) is 0 Å². The maximum atomic E-state index is 13.1. The van der Waals surface area contributed by atoms with Gasteiger partial charge < -0.3 is 4.84 Å². The van der Waals surface area contributed by atoms with Gasteiger partial charge in [-0.1, -0.05) is 65.7 Å². The van der Waals surface area contributed by atoms with Gasteiger partial charge in [0, 0.05) is 11.8 Å². The molecule has 150 valence electrons. The fraction of sp³-hybridized carbons (Fsp3) is 0. The van der Waals surface area contributed by atoms with Gasteiger partial charge in [0.1, 0.15) is 11.3 Å². The standard InChI is InChI=1S/C24H15N3O4/c28-22-18-13-7-8-14-19(18)23(29)27(22)31-24(30)20-15-26(17-11-5-2-6-12-17)25-21(20)16-9-3-1-4-10-16/h1-15H. The van der Waals surface area contributed by atoms with E-state index in [2.05, 4.69) is 5.10 Å². The van der Waals surface area contributed by atoms with Gasteiger partial charge in [-0.15, -0.1) is 0 Å². The van der Waals surface area contributed by atoms with Gasteiger partial charge >= 0.3 is 5.97 Å². The Bertz CT molecular complexity index is 1280. The Morgan fingerprint density at radius 1 is 0.742 bits per heavy atom. The first-order valence-corrected chi connectivity index (χ1v) is 9.54. The van der Waals surface area contributed by atoms with E-state index < -0.39 is 17.8 Å². The third kappa shape index (κ3) is 3.18. The van der Waals surface area contributed by atoms with Crippen molar-refractivity contribution in [1.82, 2.24) is 14.8 Å². The number of nitrogens with zero attached hydrogens (tertiary/aromatic N) is 3. The predicted octanol–water partition coefficient (Wildman–Crippen LogP) is 3.91. The number of imide groups is 1. The molecule has 0 saturated carbocycles. The SMILES string of the molecule is O=C(ON1C(=O)c2ccccc2C1=O)c1cn(-c2ccccc2)nc1-c1ccccc1. The van der Waals surface area contributed by atoms with Crippen LogP contribution >= 0.6 is 0 Å². The fourth-order valence-corrected chi connectivity index (χ4v) is 3.43. The summed E-state index contributed by atoms with van der Waals surface area (Å²) in [6.07, 6.45) is 1.53. The first-order valence-electron chi connectivity index (χ1n) is 9.54. The third-order valence-electron chi connectivity index (χ3n) is 4.93. The zero-order valence-electron chi connectivity index (χ0n) is 16.1. The number of para-hydroxylation sites is 1. The number of rotatable bonds is 4. The van der Waals surface area contributed by atoms with Gasteiger partial charge in [-0.2, -0.15) is 5.10 Å². The van der Waals surface area contributed by atoms with Crippen molar-refractivity contribution in [2.45, 2.75) is 0 Å². The number of aromatic nitrogens is 2. The second-order valence-electron chi connectivity index (χ2n) is 6.87.